The second-order valence-corrected chi connectivity index (χ2v) is 7.59. The molecule has 0 bridgehead atoms. The van der Waals surface area contributed by atoms with Crippen molar-refractivity contribution in [3.63, 3.8) is 0 Å². The molecule has 1 amide bonds. The molecule has 1 saturated carbocycles. The molecule has 0 unspecified atom stereocenters. The molecule has 1 aromatic carbocycles. The molecule has 1 fully saturated rings. The molecule has 9 heteroatoms. The molecule has 1 aliphatic carbocycles. The van der Waals surface area contributed by atoms with E-state index in [0.29, 0.717) is 5.69 Å². The number of methoxy groups -OCH3 is 1. The van der Waals surface area contributed by atoms with E-state index in [1.54, 1.807) is 0 Å². The van der Waals surface area contributed by atoms with Crippen molar-refractivity contribution in [2.45, 2.75) is 36.6 Å². The lowest BCUT2D eigenvalue weighted by Crippen LogP contribution is -2.33. The van der Waals surface area contributed by atoms with Crippen LogP contribution in [-0.4, -0.2) is 37.7 Å². The first-order chi connectivity index (χ1) is 12.0. The van der Waals surface area contributed by atoms with Gasteiger partial charge in [-0.25, -0.2) is 13.1 Å². The van der Waals surface area contributed by atoms with E-state index in [2.05, 4.69) is 20.2 Å². The van der Waals surface area contributed by atoms with E-state index in [0.717, 1.165) is 25.7 Å². The van der Waals surface area contributed by atoms with Crippen molar-refractivity contribution < 1.29 is 17.9 Å². The molecule has 0 radical (unpaired) electrons. The molecule has 2 aromatic rings. The Morgan fingerprint density at radius 2 is 2.08 bits per heavy atom. The third-order valence-corrected chi connectivity index (χ3v) is 5.69. The van der Waals surface area contributed by atoms with Crippen LogP contribution in [0.2, 0.25) is 0 Å². The maximum atomic E-state index is 12.7. The van der Waals surface area contributed by atoms with Crippen LogP contribution in [0.3, 0.4) is 0 Å². The van der Waals surface area contributed by atoms with Crippen LogP contribution in [0.5, 0.6) is 5.75 Å². The van der Waals surface area contributed by atoms with E-state index in [1.807, 2.05) is 0 Å². The van der Waals surface area contributed by atoms with Crippen molar-refractivity contribution in [3.05, 3.63) is 36.2 Å². The van der Waals surface area contributed by atoms with Gasteiger partial charge in [0, 0.05) is 17.8 Å². The number of hydrogen-bond donors (Lipinski definition) is 3. The molecule has 0 saturated heterocycles. The van der Waals surface area contributed by atoms with E-state index in [4.69, 9.17) is 4.74 Å². The Kier molecular flexibility index (Phi) is 5.05. The number of aromatic amines is 1. The summed E-state index contributed by atoms with van der Waals surface area (Å²) in [6.45, 7) is 0. The minimum atomic E-state index is -3.78. The summed E-state index contributed by atoms with van der Waals surface area (Å²) >= 11 is 0. The van der Waals surface area contributed by atoms with E-state index < -0.39 is 15.9 Å². The molecule has 1 aromatic heterocycles. The van der Waals surface area contributed by atoms with Crippen LogP contribution >= 0.6 is 0 Å². The van der Waals surface area contributed by atoms with Gasteiger partial charge in [0.15, 0.2) is 0 Å². The molecule has 25 heavy (non-hydrogen) atoms. The second kappa shape index (κ2) is 7.24. The minimum Gasteiger partial charge on any atom is -0.495 e. The Labute approximate surface area is 146 Å². The van der Waals surface area contributed by atoms with Gasteiger partial charge < -0.3 is 10.1 Å². The van der Waals surface area contributed by atoms with Gasteiger partial charge in [0.05, 0.1) is 19.0 Å². The highest BCUT2D eigenvalue weighted by molar-refractivity contribution is 7.89. The van der Waals surface area contributed by atoms with Crippen molar-refractivity contribution in [2.24, 2.45) is 0 Å². The van der Waals surface area contributed by atoms with Gasteiger partial charge in [-0.3, -0.25) is 9.89 Å². The summed E-state index contributed by atoms with van der Waals surface area (Å²) in [6.07, 6.45) is 6.65. The van der Waals surface area contributed by atoms with Gasteiger partial charge in [0.1, 0.15) is 10.6 Å². The summed E-state index contributed by atoms with van der Waals surface area (Å²) in [4.78, 5) is 12.3. The number of nitrogens with one attached hydrogen (secondary N) is 3. The Balaban J connectivity index is 1.87. The smallest absolute Gasteiger partial charge is 0.255 e. The van der Waals surface area contributed by atoms with E-state index >= 15 is 0 Å². The van der Waals surface area contributed by atoms with Crippen LogP contribution in [0.15, 0.2) is 35.5 Å². The highest BCUT2D eigenvalue weighted by atomic mass is 32.2. The summed E-state index contributed by atoms with van der Waals surface area (Å²) < 4.78 is 33.3. The Bertz CT molecular complexity index is 843. The molecular weight excluding hydrogens is 344 g/mol. The molecule has 8 nitrogen and oxygen atoms in total. The number of carbonyl (C=O) groups excluding carboxylic acids is 1. The molecule has 3 N–H and O–H groups in total. The van der Waals surface area contributed by atoms with Crippen LogP contribution in [-0.2, 0) is 10.0 Å². The Morgan fingerprint density at radius 1 is 1.32 bits per heavy atom. The summed E-state index contributed by atoms with van der Waals surface area (Å²) in [7, 11) is -2.38. The maximum absolute atomic E-state index is 12.7. The highest BCUT2D eigenvalue weighted by Crippen LogP contribution is 2.27. The summed E-state index contributed by atoms with van der Waals surface area (Å²) in [6, 6.07) is 4.25. The molecule has 134 valence electrons. The number of rotatable bonds is 6. The number of anilines is 1. The second-order valence-electron chi connectivity index (χ2n) is 5.91. The molecule has 1 aliphatic rings. The number of hydrogen-bond acceptors (Lipinski definition) is 5. The number of carbonyl (C=O) groups is 1. The van der Waals surface area contributed by atoms with Crippen LogP contribution < -0.4 is 14.8 Å². The molecular formula is C16H20N4O4S. The van der Waals surface area contributed by atoms with Gasteiger partial charge in [-0.1, -0.05) is 12.8 Å². The number of nitrogens with zero attached hydrogens (tertiary/aromatic N) is 1. The monoisotopic (exact) mass is 364 g/mol. The molecule has 0 spiro atoms. The van der Waals surface area contributed by atoms with Crippen molar-refractivity contribution in [2.75, 3.05) is 12.4 Å². The zero-order valence-corrected chi connectivity index (χ0v) is 14.6. The lowest BCUT2D eigenvalue weighted by atomic mass is 10.2. The van der Waals surface area contributed by atoms with Crippen molar-refractivity contribution in [3.8, 4) is 5.75 Å². The fraction of sp³-hybridized carbons (Fsp3) is 0.375. The first-order valence-corrected chi connectivity index (χ1v) is 9.48. The summed E-state index contributed by atoms with van der Waals surface area (Å²) in [5.41, 5.74) is 0.711. The number of benzene rings is 1. The first-order valence-electron chi connectivity index (χ1n) is 8.00. The number of sulfonamides is 1. The predicted octanol–water partition coefficient (Wildman–Crippen LogP) is 1.89. The lowest BCUT2D eigenvalue weighted by molar-refractivity contribution is 0.102. The third-order valence-electron chi connectivity index (χ3n) is 4.15. The molecule has 0 atom stereocenters. The van der Waals surface area contributed by atoms with Gasteiger partial charge in [-0.05, 0) is 31.0 Å². The van der Waals surface area contributed by atoms with Crippen molar-refractivity contribution in [1.29, 1.82) is 0 Å². The fourth-order valence-corrected chi connectivity index (χ4v) is 4.38. The van der Waals surface area contributed by atoms with Crippen molar-refractivity contribution >= 4 is 21.6 Å². The maximum Gasteiger partial charge on any atom is 0.255 e. The van der Waals surface area contributed by atoms with Gasteiger partial charge >= 0.3 is 0 Å². The molecule has 3 rings (SSSR count). The van der Waals surface area contributed by atoms with Gasteiger partial charge in [-0.15, -0.1) is 0 Å². The van der Waals surface area contributed by atoms with E-state index in [-0.39, 0.29) is 22.3 Å². The highest BCUT2D eigenvalue weighted by Gasteiger charge is 2.26. The van der Waals surface area contributed by atoms with E-state index in [1.165, 1.54) is 37.7 Å². The quantitative estimate of drug-likeness (QED) is 0.724. The number of ether oxygens (including phenoxy) is 1. The topological polar surface area (TPSA) is 113 Å². The van der Waals surface area contributed by atoms with Crippen LogP contribution in [0.1, 0.15) is 36.0 Å². The van der Waals surface area contributed by atoms with Gasteiger partial charge in [0.25, 0.3) is 5.91 Å². The van der Waals surface area contributed by atoms with Crippen LogP contribution in [0, 0.1) is 0 Å². The number of H-pyrrole nitrogens is 1. The minimum absolute atomic E-state index is 0.0401. The Morgan fingerprint density at radius 3 is 2.72 bits per heavy atom. The Hall–Kier alpha value is -2.39. The number of aromatic nitrogens is 2. The molecule has 0 aliphatic heterocycles. The van der Waals surface area contributed by atoms with Gasteiger partial charge in [0.2, 0.25) is 10.0 Å². The number of amides is 1. The fourth-order valence-electron chi connectivity index (χ4n) is 2.88. The summed E-state index contributed by atoms with van der Waals surface area (Å²) in [5, 5.41) is 8.97. The summed E-state index contributed by atoms with van der Waals surface area (Å²) in [5.74, 6) is -0.230. The van der Waals surface area contributed by atoms with Crippen LogP contribution in [0.25, 0.3) is 0 Å². The van der Waals surface area contributed by atoms with Crippen molar-refractivity contribution in [1.82, 2.24) is 14.9 Å². The third kappa shape index (κ3) is 3.99. The SMILES string of the molecule is COc1ccc(C(=O)Nc2cn[nH]c2)cc1S(=O)(=O)NC1CCCC1. The standard InChI is InChI=1S/C16H20N4O4S/c1-24-14-7-6-11(16(21)19-13-9-17-18-10-13)8-15(14)25(22,23)20-12-4-2-3-5-12/h6-10,12,20H,2-5H2,1H3,(H,17,18)(H,19,21). The van der Waals surface area contributed by atoms with Gasteiger partial charge in [-0.2, -0.15) is 5.10 Å². The normalized spacial score (nSPS) is 15.2. The average molecular weight is 364 g/mol. The van der Waals surface area contributed by atoms with Crippen LogP contribution in [0.4, 0.5) is 5.69 Å². The lowest BCUT2D eigenvalue weighted by Gasteiger charge is -2.15. The van der Waals surface area contributed by atoms with E-state index in [9.17, 15) is 13.2 Å². The predicted molar refractivity (Wildman–Crippen MR) is 92.1 cm³/mol. The molecule has 1 heterocycles. The first kappa shape index (κ1) is 17.4. The zero-order valence-electron chi connectivity index (χ0n) is 13.8. The average Bonchev–Trinajstić information content (AvgIpc) is 3.28. The zero-order chi connectivity index (χ0) is 17.9. The largest absolute Gasteiger partial charge is 0.495 e.